The van der Waals surface area contributed by atoms with Gasteiger partial charge < -0.3 is 9.73 Å². The summed E-state index contributed by atoms with van der Waals surface area (Å²) in [5.74, 6) is 0.140. The average Bonchev–Trinajstić information content (AvgIpc) is 3.40. The molecule has 0 unspecified atom stereocenters. The maximum absolute atomic E-state index is 12.8. The number of anilines is 1. The summed E-state index contributed by atoms with van der Waals surface area (Å²) in [6.45, 7) is 6.47. The van der Waals surface area contributed by atoms with Gasteiger partial charge in [0.05, 0.1) is 12.3 Å². The van der Waals surface area contributed by atoms with Crippen LogP contribution in [0.4, 0.5) is 5.00 Å². The van der Waals surface area contributed by atoms with Crippen molar-refractivity contribution in [3.05, 3.63) is 70.0 Å². The molecule has 1 aliphatic rings. The second-order valence-corrected chi connectivity index (χ2v) is 9.83. The molecule has 3 heterocycles. The minimum Gasteiger partial charge on any atom is -0.459 e. The number of hydrogen-bond acceptors (Lipinski definition) is 5. The first-order chi connectivity index (χ1) is 14.6. The Morgan fingerprint density at radius 1 is 1.13 bits per heavy atom. The van der Waals surface area contributed by atoms with Crippen LogP contribution in [0.2, 0.25) is 0 Å². The van der Waals surface area contributed by atoms with E-state index in [1.807, 2.05) is 0 Å². The highest BCUT2D eigenvalue weighted by atomic mass is 32.2. The maximum Gasteiger partial charge on any atom is 0.291 e. The van der Waals surface area contributed by atoms with E-state index >= 15 is 0 Å². The predicted molar refractivity (Wildman–Crippen MR) is 126 cm³/mol. The Balaban J connectivity index is 1.76. The summed E-state index contributed by atoms with van der Waals surface area (Å²) in [7, 11) is 0. The standard InChI is InChI=1S/C24H28N2O2S2/c1-16-17(2)30-24(25-23(27)20-8-7-15-28-20)21(16)22(26-13-5-4-6-14-26)18-9-11-19(29-3)12-10-18/h7-12,15,22H,4-6,13-14H2,1-3H3,(H,25,27)/t22-/m1/s1. The van der Waals surface area contributed by atoms with E-state index in [2.05, 4.69) is 54.6 Å². The largest absolute Gasteiger partial charge is 0.459 e. The molecule has 1 saturated heterocycles. The number of benzene rings is 1. The Hall–Kier alpha value is -2.02. The molecule has 2 aromatic heterocycles. The van der Waals surface area contributed by atoms with Crippen molar-refractivity contribution in [2.24, 2.45) is 0 Å². The highest BCUT2D eigenvalue weighted by molar-refractivity contribution is 7.98. The molecule has 1 fully saturated rings. The first kappa shape index (κ1) is 21.2. The number of nitrogens with one attached hydrogen (secondary N) is 1. The van der Waals surface area contributed by atoms with Crippen molar-refractivity contribution in [3.63, 3.8) is 0 Å². The van der Waals surface area contributed by atoms with Gasteiger partial charge >= 0.3 is 0 Å². The number of thioether (sulfide) groups is 1. The molecule has 0 aliphatic carbocycles. The first-order valence-corrected chi connectivity index (χ1v) is 12.5. The van der Waals surface area contributed by atoms with Crippen molar-refractivity contribution in [3.8, 4) is 0 Å². The molecule has 6 heteroatoms. The van der Waals surface area contributed by atoms with Gasteiger partial charge in [-0.05, 0) is 81.4 Å². The van der Waals surface area contributed by atoms with Crippen LogP contribution in [0.15, 0.2) is 52.0 Å². The van der Waals surface area contributed by atoms with E-state index in [0.717, 1.165) is 18.1 Å². The second-order valence-electron chi connectivity index (χ2n) is 7.73. The molecule has 30 heavy (non-hydrogen) atoms. The summed E-state index contributed by atoms with van der Waals surface area (Å²) in [4.78, 5) is 17.8. The lowest BCUT2D eigenvalue weighted by Gasteiger charge is -2.36. The van der Waals surface area contributed by atoms with Gasteiger partial charge in [-0.3, -0.25) is 9.69 Å². The van der Waals surface area contributed by atoms with Gasteiger partial charge in [-0.1, -0.05) is 18.6 Å². The molecule has 1 aliphatic heterocycles. The fraction of sp³-hybridized carbons (Fsp3) is 0.375. The lowest BCUT2D eigenvalue weighted by molar-refractivity contribution is 0.0996. The van der Waals surface area contributed by atoms with Crippen molar-refractivity contribution >= 4 is 34.0 Å². The minimum absolute atomic E-state index is 0.137. The number of piperidine rings is 1. The Bertz CT molecular complexity index is 987. The van der Waals surface area contributed by atoms with Crippen LogP contribution >= 0.6 is 23.1 Å². The number of amides is 1. The monoisotopic (exact) mass is 440 g/mol. The average molecular weight is 441 g/mol. The minimum atomic E-state index is -0.197. The summed E-state index contributed by atoms with van der Waals surface area (Å²) >= 11 is 3.42. The van der Waals surface area contributed by atoms with Crippen molar-refractivity contribution in [2.45, 2.75) is 44.0 Å². The van der Waals surface area contributed by atoms with Crippen molar-refractivity contribution in [1.29, 1.82) is 0 Å². The van der Waals surface area contributed by atoms with Crippen LogP contribution in [0.5, 0.6) is 0 Å². The Labute approximate surface area is 186 Å². The molecule has 4 nitrogen and oxygen atoms in total. The third kappa shape index (κ3) is 4.36. The van der Waals surface area contributed by atoms with Gasteiger partial charge in [0.1, 0.15) is 5.00 Å². The molecule has 1 amide bonds. The Morgan fingerprint density at radius 2 is 1.87 bits per heavy atom. The van der Waals surface area contributed by atoms with Crippen molar-refractivity contribution < 1.29 is 9.21 Å². The number of furan rings is 1. The molecule has 1 aromatic carbocycles. The molecule has 0 spiro atoms. The van der Waals surface area contributed by atoms with Crippen LogP contribution in [0.3, 0.4) is 0 Å². The summed E-state index contributed by atoms with van der Waals surface area (Å²) in [5, 5.41) is 4.07. The topological polar surface area (TPSA) is 45.5 Å². The normalized spacial score (nSPS) is 15.8. The zero-order valence-corrected chi connectivity index (χ0v) is 19.4. The molecule has 0 radical (unpaired) electrons. The van der Waals surface area contributed by atoms with Crippen LogP contribution in [-0.2, 0) is 0 Å². The Morgan fingerprint density at radius 3 is 2.50 bits per heavy atom. The molecule has 158 valence electrons. The van der Waals surface area contributed by atoms with Gasteiger partial charge in [0.15, 0.2) is 5.76 Å². The number of rotatable bonds is 6. The SMILES string of the molecule is CSc1ccc([C@H](c2c(NC(=O)c3ccco3)sc(C)c2C)N2CCCCC2)cc1. The fourth-order valence-electron chi connectivity index (χ4n) is 4.16. The third-order valence-electron chi connectivity index (χ3n) is 5.86. The van der Waals surface area contributed by atoms with Gasteiger partial charge in [-0.15, -0.1) is 23.1 Å². The summed E-state index contributed by atoms with van der Waals surface area (Å²) in [6.07, 6.45) is 7.36. The van der Waals surface area contributed by atoms with Gasteiger partial charge in [-0.25, -0.2) is 0 Å². The molecule has 3 aromatic rings. The second kappa shape index (κ2) is 9.41. The number of carbonyl (C=O) groups is 1. The predicted octanol–water partition coefficient (Wildman–Crippen LogP) is 6.51. The number of carbonyl (C=O) groups excluding carboxylic acids is 1. The number of nitrogens with zero attached hydrogens (tertiary/aromatic N) is 1. The fourth-order valence-corrected chi connectivity index (χ4v) is 5.66. The van der Waals surface area contributed by atoms with Crippen molar-refractivity contribution in [2.75, 3.05) is 24.7 Å². The summed E-state index contributed by atoms with van der Waals surface area (Å²) < 4.78 is 5.31. The van der Waals surface area contributed by atoms with Crippen LogP contribution in [0.25, 0.3) is 0 Å². The highest BCUT2D eigenvalue weighted by Gasteiger charge is 2.30. The first-order valence-electron chi connectivity index (χ1n) is 10.4. The highest BCUT2D eigenvalue weighted by Crippen LogP contribution is 2.43. The zero-order chi connectivity index (χ0) is 21.1. The third-order valence-corrected chi connectivity index (χ3v) is 7.75. The van der Waals surface area contributed by atoms with E-state index < -0.39 is 0 Å². The van der Waals surface area contributed by atoms with E-state index in [1.54, 1.807) is 35.2 Å². The van der Waals surface area contributed by atoms with Gasteiger partial charge in [0.2, 0.25) is 0 Å². The van der Waals surface area contributed by atoms with Crippen LogP contribution < -0.4 is 5.32 Å². The Kier molecular flexibility index (Phi) is 6.66. The smallest absolute Gasteiger partial charge is 0.291 e. The van der Waals surface area contributed by atoms with Gasteiger partial charge in [0, 0.05) is 15.3 Å². The lowest BCUT2D eigenvalue weighted by Crippen LogP contribution is -2.35. The van der Waals surface area contributed by atoms with Gasteiger partial charge in [0.25, 0.3) is 5.91 Å². The van der Waals surface area contributed by atoms with Crippen LogP contribution in [-0.4, -0.2) is 30.2 Å². The number of likely N-dealkylation sites (tertiary alicyclic amines) is 1. The van der Waals surface area contributed by atoms with E-state index in [1.165, 1.54) is 52.0 Å². The van der Waals surface area contributed by atoms with E-state index in [4.69, 9.17) is 4.42 Å². The number of thiophene rings is 1. The summed E-state index contributed by atoms with van der Waals surface area (Å²) in [6, 6.07) is 12.5. The molecular weight excluding hydrogens is 412 g/mol. The summed E-state index contributed by atoms with van der Waals surface area (Å²) in [5.41, 5.74) is 3.76. The maximum atomic E-state index is 12.8. The van der Waals surface area contributed by atoms with E-state index in [9.17, 15) is 4.79 Å². The molecule has 1 N–H and O–H groups in total. The van der Waals surface area contributed by atoms with Crippen LogP contribution in [0, 0.1) is 13.8 Å². The van der Waals surface area contributed by atoms with Crippen LogP contribution in [0.1, 0.15) is 57.4 Å². The number of aryl methyl sites for hydroxylation is 1. The van der Waals surface area contributed by atoms with Crippen molar-refractivity contribution in [1.82, 2.24) is 4.90 Å². The quantitative estimate of drug-likeness (QED) is 0.444. The molecule has 0 saturated carbocycles. The molecular formula is C24H28N2O2S2. The zero-order valence-electron chi connectivity index (χ0n) is 17.7. The van der Waals surface area contributed by atoms with E-state index in [0.29, 0.717) is 5.76 Å². The molecule has 0 bridgehead atoms. The van der Waals surface area contributed by atoms with E-state index in [-0.39, 0.29) is 11.9 Å². The molecule has 4 rings (SSSR count). The van der Waals surface area contributed by atoms with Gasteiger partial charge in [-0.2, -0.15) is 0 Å². The lowest BCUT2D eigenvalue weighted by atomic mass is 9.93. The number of hydrogen-bond donors (Lipinski definition) is 1. The molecule has 1 atom stereocenters.